The van der Waals surface area contributed by atoms with Gasteiger partial charge in [0, 0.05) is 11.3 Å². The summed E-state index contributed by atoms with van der Waals surface area (Å²) < 4.78 is 10.5. The number of carbonyl (C=O) groups is 3. The van der Waals surface area contributed by atoms with Gasteiger partial charge in [0.1, 0.15) is 12.4 Å². The topological polar surface area (TPSA) is 106 Å². The Morgan fingerprint density at radius 2 is 1.61 bits per heavy atom. The molecule has 0 saturated carbocycles. The van der Waals surface area contributed by atoms with E-state index < -0.39 is 17.8 Å². The van der Waals surface area contributed by atoms with E-state index in [2.05, 4.69) is 20.6 Å². The third-order valence-corrected chi connectivity index (χ3v) is 4.57. The van der Waals surface area contributed by atoms with Gasteiger partial charge in [-0.15, -0.1) is 0 Å². The molecule has 0 radical (unpaired) electrons. The van der Waals surface area contributed by atoms with E-state index in [1.807, 2.05) is 19.1 Å². The summed E-state index contributed by atoms with van der Waals surface area (Å²) in [4.78, 5) is 35.5. The maximum absolute atomic E-state index is 12.0. The second-order valence-corrected chi connectivity index (χ2v) is 7.03. The number of carbonyl (C=O) groups excluding carboxylic acids is 3. The van der Waals surface area contributed by atoms with Crippen molar-refractivity contribution in [2.24, 2.45) is 5.10 Å². The summed E-state index contributed by atoms with van der Waals surface area (Å²) in [6.07, 6.45) is 1.40. The zero-order chi connectivity index (χ0) is 23.6. The molecule has 0 fully saturated rings. The lowest BCUT2D eigenvalue weighted by molar-refractivity contribution is -0.136. The number of amides is 2. The Labute approximate surface area is 191 Å². The van der Waals surface area contributed by atoms with Crippen LogP contribution in [0, 0.1) is 6.92 Å². The van der Waals surface area contributed by atoms with Crippen LogP contribution in [0.1, 0.15) is 27.0 Å². The molecule has 0 bridgehead atoms. The molecule has 0 aliphatic heterocycles. The van der Waals surface area contributed by atoms with E-state index in [1.165, 1.54) is 13.3 Å². The highest BCUT2D eigenvalue weighted by molar-refractivity contribution is 6.39. The van der Waals surface area contributed by atoms with Gasteiger partial charge < -0.3 is 14.8 Å². The fourth-order valence-electron chi connectivity index (χ4n) is 2.77. The highest BCUT2D eigenvalue weighted by Gasteiger charge is 2.13. The van der Waals surface area contributed by atoms with Crippen molar-refractivity contribution in [3.05, 3.63) is 95.1 Å². The van der Waals surface area contributed by atoms with Gasteiger partial charge in [0.05, 0.1) is 18.9 Å². The molecule has 3 aromatic rings. The first-order chi connectivity index (χ1) is 16.0. The zero-order valence-corrected chi connectivity index (χ0v) is 18.2. The molecule has 0 saturated heterocycles. The van der Waals surface area contributed by atoms with Crippen molar-refractivity contribution in [3.63, 3.8) is 0 Å². The summed E-state index contributed by atoms with van der Waals surface area (Å²) in [6.45, 7) is 2.19. The number of aryl methyl sites for hydroxylation is 1. The SMILES string of the molecule is COC(=O)c1ccc(COc2ccccc2/C=N/NC(=O)C(=O)Nc2ccc(C)cc2)cc1. The average Bonchev–Trinajstić information content (AvgIpc) is 2.84. The Morgan fingerprint density at radius 3 is 2.30 bits per heavy atom. The van der Waals surface area contributed by atoms with Crippen LogP contribution in [0.2, 0.25) is 0 Å². The van der Waals surface area contributed by atoms with E-state index in [9.17, 15) is 14.4 Å². The molecule has 0 aliphatic rings. The molecule has 3 aromatic carbocycles. The molecular weight excluding hydrogens is 422 g/mol. The van der Waals surface area contributed by atoms with Crippen molar-refractivity contribution in [3.8, 4) is 5.75 Å². The number of rotatable bonds is 7. The maximum atomic E-state index is 12.0. The van der Waals surface area contributed by atoms with Gasteiger partial charge in [0.25, 0.3) is 0 Å². The number of methoxy groups -OCH3 is 1. The number of hydrazone groups is 1. The molecular formula is C25H23N3O5. The standard InChI is InChI=1S/C25H23N3O5/c1-17-7-13-21(14-8-17)27-23(29)24(30)28-26-15-20-5-3-4-6-22(20)33-16-18-9-11-19(12-10-18)25(31)32-2/h3-15H,16H2,1-2H3,(H,27,29)(H,28,30)/b26-15+. The van der Waals surface area contributed by atoms with Gasteiger partial charge >= 0.3 is 17.8 Å². The Bertz CT molecular complexity index is 1160. The van der Waals surface area contributed by atoms with E-state index >= 15 is 0 Å². The molecule has 33 heavy (non-hydrogen) atoms. The summed E-state index contributed by atoms with van der Waals surface area (Å²) in [6, 6.07) is 21.1. The van der Waals surface area contributed by atoms with Crippen LogP contribution in [0.15, 0.2) is 77.9 Å². The molecule has 0 spiro atoms. The van der Waals surface area contributed by atoms with Crippen molar-refractivity contribution >= 4 is 29.7 Å². The van der Waals surface area contributed by atoms with E-state index in [-0.39, 0.29) is 6.61 Å². The molecule has 0 aromatic heterocycles. The van der Waals surface area contributed by atoms with Gasteiger partial charge in [0.2, 0.25) is 0 Å². The number of anilines is 1. The van der Waals surface area contributed by atoms with Gasteiger partial charge in [0.15, 0.2) is 0 Å². The van der Waals surface area contributed by atoms with Gasteiger partial charge in [-0.3, -0.25) is 9.59 Å². The number of hydrogen-bond donors (Lipinski definition) is 2. The molecule has 8 heteroatoms. The molecule has 8 nitrogen and oxygen atoms in total. The molecule has 0 heterocycles. The normalized spacial score (nSPS) is 10.5. The second kappa shape index (κ2) is 11.2. The summed E-state index contributed by atoms with van der Waals surface area (Å²) in [5.41, 5.74) is 5.69. The van der Waals surface area contributed by atoms with E-state index in [1.54, 1.807) is 60.7 Å². The number of nitrogens with one attached hydrogen (secondary N) is 2. The highest BCUT2D eigenvalue weighted by atomic mass is 16.5. The number of hydrogen-bond acceptors (Lipinski definition) is 6. The highest BCUT2D eigenvalue weighted by Crippen LogP contribution is 2.18. The summed E-state index contributed by atoms with van der Waals surface area (Å²) >= 11 is 0. The molecule has 168 valence electrons. The molecule has 2 N–H and O–H groups in total. The number of nitrogens with zero attached hydrogens (tertiary/aromatic N) is 1. The minimum atomic E-state index is -0.893. The van der Waals surface area contributed by atoms with Crippen LogP contribution in [-0.4, -0.2) is 31.1 Å². The lowest BCUT2D eigenvalue weighted by Gasteiger charge is -2.09. The van der Waals surface area contributed by atoms with Crippen LogP contribution in [0.4, 0.5) is 5.69 Å². The molecule has 3 rings (SSSR count). The Hall–Kier alpha value is -4.46. The molecule has 0 aliphatic carbocycles. The first-order valence-corrected chi connectivity index (χ1v) is 10.1. The largest absolute Gasteiger partial charge is 0.488 e. The quantitative estimate of drug-likeness (QED) is 0.251. The van der Waals surface area contributed by atoms with Crippen molar-refractivity contribution in [2.45, 2.75) is 13.5 Å². The van der Waals surface area contributed by atoms with Gasteiger partial charge in [-0.05, 0) is 48.9 Å². The summed E-state index contributed by atoms with van der Waals surface area (Å²) in [5, 5.41) is 6.36. The van der Waals surface area contributed by atoms with E-state index in [0.717, 1.165) is 11.1 Å². The molecule has 0 atom stereocenters. The van der Waals surface area contributed by atoms with Crippen molar-refractivity contribution in [1.29, 1.82) is 0 Å². The number of para-hydroxylation sites is 1. The molecule has 2 amide bonds. The number of ether oxygens (including phenoxy) is 2. The Kier molecular flexibility index (Phi) is 7.91. The fraction of sp³-hybridized carbons (Fsp3) is 0.120. The Morgan fingerprint density at radius 1 is 0.909 bits per heavy atom. The van der Waals surface area contributed by atoms with Crippen LogP contribution >= 0.6 is 0 Å². The van der Waals surface area contributed by atoms with E-state index in [0.29, 0.717) is 22.6 Å². The van der Waals surface area contributed by atoms with Crippen LogP contribution in [0.5, 0.6) is 5.75 Å². The fourth-order valence-corrected chi connectivity index (χ4v) is 2.77. The third kappa shape index (κ3) is 6.76. The van der Waals surface area contributed by atoms with Crippen LogP contribution in [-0.2, 0) is 20.9 Å². The monoisotopic (exact) mass is 445 g/mol. The Balaban J connectivity index is 1.56. The second-order valence-electron chi connectivity index (χ2n) is 7.03. The van der Waals surface area contributed by atoms with Crippen molar-refractivity contribution < 1.29 is 23.9 Å². The van der Waals surface area contributed by atoms with Crippen LogP contribution in [0.3, 0.4) is 0 Å². The lowest BCUT2D eigenvalue weighted by Crippen LogP contribution is -2.32. The number of benzene rings is 3. The summed E-state index contributed by atoms with van der Waals surface area (Å²) in [5.74, 6) is -1.58. The van der Waals surface area contributed by atoms with Crippen LogP contribution < -0.4 is 15.5 Å². The maximum Gasteiger partial charge on any atom is 0.337 e. The van der Waals surface area contributed by atoms with E-state index in [4.69, 9.17) is 4.74 Å². The lowest BCUT2D eigenvalue weighted by atomic mass is 10.1. The smallest absolute Gasteiger partial charge is 0.337 e. The van der Waals surface area contributed by atoms with Gasteiger partial charge in [-0.25, -0.2) is 10.2 Å². The number of esters is 1. The first-order valence-electron chi connectivity index (χ1n) is 10.1. The first kappa shape index (κ1) is 23.2. The molecule has 0 unspecified atom stereocenters. The third-order valence-electron chi connectivity index (χ3n) is 4.57. The minimum Gasteiger partial charge on any atom is -0.488 e. The minimum absolute atomic E-state index is 0.262. The zero-order valence-electron chi connectivity index (χ0n) is 18.2. The van der Waals surface area contributed by atoms with Crippen molar-refractivity contribution in [1.82, 2.24) is 5.43 Å². The van der Waals surface area contributed by atoms with Crippen LogP contribution in [0.25, 0.3) is 0 Å². The van der Waals surface area contributed by atoms with Gasteiger partial charge in [-0.2, -0.15) is 5.10 Å². The predicted octanol–water partition coefficient (Wildman–Crippen LogP) is 3.45. The average molecular weight is 445 g/mol. The summed E-state index contributed by atoms with van der Waals surface area (Å²) in [7, 11) is 1.33. The van der Waals surface area contributed by atoms with Crippen molar-refractivity contribution in [2.75, 3.05) is 12.4 Å². The van der Waals surface area contributed by atoms with Gasteiger partial charge in [-0.1, -0.05) is 42.0 Å². The predicted molar refractivity (Wildman–Crippen MR) is 124 cm³/mol.